The van der Waals surface area contributed by atoms with Crippen molar-refractivity contribution < 1.29 is 43.9 Å². The van der Waals surface area contributed by atoms with Gasteiger partial charge in [0.15, 0.2) is 6.23 Å². The van der Waals surface area contributed by atoms with Crippen LogP contribution in [-0.2, 0) is 28.6 Å². The van der Waals surface area contributed by atoms with Gasteiger partial charge in [-0.2, -0.15) is 5.06 Å². The number of nitrogens with zero attached hydrogens (tertiary/aromatic N) is 1. The second kappa shape index (κ2) is 11.1. The third-order valence-electron chi connectivity index (χ3n) is 13.2. The maximum absolute atomic E-state index is 12.5. The Balaban J connectivity index is 1.22. The first-order chi connectivity index (χ1) is 19.9. The summed E-state index contributed by atoms with van der Waals surface area (Å²) in [7, 11) is 4.86. The molecule has 6 aliphatic rings. The standard InChI is InChI=1S/C32H51NO9/c1-17-26(36)27(38-4)28(39-5)29(42-17)33(40-6)20-9-11-30(2)19(14-20)7-8-22-23(30)15-24(34)31(3)21(10-12-32(22,31)37)18-13-25(35)41-16-18/h13,17,19-24,26-29,34,36-37H,7-12,14-16H2,1-6H3/t17-,19-,20+,21-,22-,23+,24-,26-,27+,28-,29-,30+,31+,32+/m1/s1. The molecule has 3 N–H and O–H groups in total. The molecule has 1 saturated heterocycles. The number of rotatable bonds is 6. The van der Waals surface area contributed by atoms with E-state index in [1.54, 1.807) is 27.4 Å². The van der Waals surface area contributed by atoms with Crippen LogP contribution in [0.5, 0.6) is 0 Å². The summed E-state index contributed by atoms with van der Waals surface area (Å²) in [5.74, 6) is 0.349. The number of ether oxygens (including phenoxy) is 4. The molecule has 0 unspecified atom stereocenters. The third-order valence-corrected chi connectivity index (χ3v) is 13.2. The lowest BCUT2D eigenvalue weighted by Gasteiger charge is -2.65. The largest absolute Gasteiger partial charge is 0.458 e. The van der Waals surface area contributed by atoms with Gasteiger partial charge in [0.25, 0.3) is 0 Å². The number of aliphatic hydroxyl groups excluding tert-OH is 2. The lowest BCUT2D eigenvalue weighted by Crippen LogP contribution is -2.68. The molecule has 0 aromatic heterocycles. The average molecular weight is 594 g/mol. The molecular weight excluding hydrogens is 542 g/mol. The first-order valence-electron chi connectivity index (χ1n) is 15.9. The summed E-state index contributed by atoms with van der Waals surface area (Å²) in [5, 5.41) is 37.0. The van der Waals surface area contributed by atoms with Gasteiger partial charge >= 0.3 is 5.97 Å². The Kier molecular flexibility index (Phi) is 8.13. The van der Waals surface area contributed by atoms with Gasteiger partial charge in [-0.3, -0.25) is 4.84 Å². The molecule has 0 radical (unpaired) electrons. The number of cyclic esters (lactones) is 1. The predicted octanol–water partition coefficient (Wildman–Crippen LogP) is 2.58. The van der Waals surface area contributed by atoms with Gasteiger partial charge in [-0.05, 0) is 93.0 Å². The van der Waals surface area contributed by atoms with Crippen molar-refractivity contribution in [2.24, 2.45) is 34.5 Å². The molecule has 2 heterocycles. The van der Waals surface area contributed by atoms with Crippen LogP contribution in [0.4, 0.5) is 0 Å². The summed E-state index contributed by atoms with van der Waals surface area (Å²) in [5.41, 5.74) is -0.780. The SMILES string of the molecule is CO[C@@H]1[C@@H](OC)[C@H](O)[C@@H](C)O[C@H]1N(OC)[C@H]1CC[C@@]2(C)[C@H](CC[C@@H]3[C@@H]2C[C@@H](O)[C@]2(C)[C@@H](C4=CC(=O)OC4)CC[C@]32O)C1. The van der Waals surface area contributed by atoms with E-state index < -0.39 is 47.8 Å². The molecule has 4 saturated carbocycles. The fourth-order valence-electron chi connectivity index (χ4n) is 10.8. The summed E-state index contributed by atoms with van der Waals surface area (Å²) < 4.78 is 23.0. The van der Waals surface area contributed by atoms with E-state index in [0.717, 1.165) is 44.1 Å². The number of methoxy groups -OCH3 is 2. The number of hydrogen-bond donors (Lipinski definition) is 3. The zero-order chi connectivity index (χ0) is 30.2. The molecule has 4 aliphatic carbocycles. The fraction of sp³-hybridized carbons (Fsp3) is 0.906. The summed E-state index contributed by atoms with van der Waals surface area (Å²) in [4.78, 5) is 17.9. The molecule has 10 heteroatoms. The minimum atomic E-state index is -0.983. The number of hydroxylamine groups is 2. The van der Waals surface area contributed by atoms with Crippen LogP contribution < -0.4 is 0 Å². The van der Waals surface area contributed by atoms with Gasteiger partial charge in [0.2, 0.25) is 0 Å². The molecule has 5 fully saturated rings. The minimum Gasteiger partial charge on any atom is -0.458 e. The molecule has 14 atom stereocenters. The normalized spacial score (nSPS) is 52.4. The topological polar surface area (TPSA) is 127 Å². The van der Waals surface area contributed by atoms with Crippen LogP contribution in [0.1, 0.15) is 72.1 Å². The van der Waals surface area contributed by atoms with E-state index in [-0.39, 0.29) is 41.8 Å². The zero-order valence-electron chi connectivity index (χ0n) is 26.0. The summed E-state index contributed by atoms with van der Waals surface area (Å²) in [6.07, 6.45) is 4.85. The highest BCUT2D eigenvalue weighted by Gasteiger charge is 2.71. The van der Waals surface area contributed by atoms with Crippen molar-refractivity contribution in [3.63, 3.8) is 0 Å². The third kappa shape index (κ3) is 4.30. The van der Waals surface area contributed by atoms with Crippen LogP contribution in [0.25, 0.3) is 0 Å². The molecule has 0 aromatic rings. The monoisotopic (exact) mass is 593 g/mol. The Bertz CT molecular complexity index is 1070. The molecule has 0 spiro atoms. The van der Waals surface area contributed by atoms with Crippen LogP contribution in [0.15, 0.2) is 11.6 Å². The van der Waals surface area contributed by atoms with Crippen molar-refractivity contribution >= 4 is 5.97 Å². The van der Waals surface area contributed by atoms with Crippen molar-refractivity contribution in [3.8, 4) is 0 Å². The Morgan fingerprint density at radius 2 is 1.71 bits per heavy atom. The molecule has 238 valence electrons. The van der Waals surface area contributed by atoms with E-state index in [4.69, 9.17) is 23.8 Å². The Hall–Kier alpha value is -1.11. The first kappa shape index (κ1) is 30.9. The average Bonchev–Trinajstić information content (AvgIpc) is 3.52. The number of fused-ring (bicyclic) bond motifs is 5. The molecule has 42 heavy (non-hydrogen) atoms. The molecule has 0 bridgehead atoms. The smallest absolute Gasteiger partial charge is 0.331 e. The number of hydrogen-bond acceptors (Lipinski definition) is 10. The van der Waals surface area contributed by atoms with Crippen LogP contribution in [0, 0.1) is 34.5 Å². The van der Waals surface area contributed by atoms with Crippen molar-refractivity contribution in [2.75, 3.05) is 27.9 Å². The Morgan fingerprint density at radius 1 is 0.976 bits per heavy atom. The van der Waals surface area contributed by atoms with E-state index in [2.05, 4.69) is 13.8 Å². The van der Waals surface area contributed by atoms with Crippen LogP contribution >= 0.6 is 0 Å². The lowest BCUT2D eigenvalue weighted by molar-refractivity contribution is -0.345. The zero-order valence-corrected chi connectivity index (χ0v) is 26.0. The quantitative estimate of drug-likeness (QED) is 0.312. The molecular formula is C32H51NO9. The number of carbonyl (C=O) groups excluding carboxylic acids is 1. The maximum atomic E-state index is 12.5. The van der Waals surface area contributed by atoms with E-state index in [9.17, 15) is 20.1 Å². The van der Waals surface area contributed by atoms with E-state index in [1.807, 2.05) is 12.0 Å². The Morgan fingerprint density at radius 3 is 2.36 bits per heavy atom. The highest BCUT2D eigenvalue weighted by Crippen LogP contribution is 2.70. The van der Waals surface area contributed by atoms with Gasteiger partial charge in [-0.15, -0.1) is 0 Å². The van der Waals surface area contributed by atoms with Crippen molar-refractivity contribution in [2.45, 2.75) is 121 Å². The second-order valence-electron chi connectivity index (χ2n) is 14.5. The highest BCUT2D eigenvalue weighted by molar-refractivity contribution is 5.85. The van der Waals surface area contributed by atoms with Crippen molar-refractivity contribution in [3.05, 3.63) is 11.6 Å². The first-order valence-corrected chi connectivity index (χ1v) is 15.9. The van der Waals surface area contributed by atoms with E-state index in [0.29, 0.717) is 18.8 Å². The van der Waals surface area contributed by atoms with Crippen LogP contribution in [0.3, 0.4) is 0 Å². The van der Waals surface area contributed by atoms with Gasteiger partial charge in [-0.1, -0.05) is 13.8 Å². The minimum absolute atomic E-state index is 0.0205. The Labute approximate surface area is 249 Å². The fourth-order valence-corrected chi connectivity index (χ4v) is 10.8. The van der Waals surface area contributed by atoms with Gasteiger partial charge in [0.05, 0.1) is 24.9 Å². The maximum Gasteiger partial charge on any atom is 0.331 e. The summed E-state index contributed by atoms with van der Waals surface area (Å²) in [6.45, 7) is 6.55. The summed E-state index contributed by atoms with van der Waals surface area (Å²) in [6, 6.07) is 0.0943. The second-order valence-corrected chi connectivity index (χ2v) is 14.5. The van der Waals surface area contributed by atoms with Gasteiger partial charge in [0, 0.05) is 31.8 Å². The predicted molar refractivity (Wildman–Crippen MR) is 152 cm³/mol. The van der Waals surface area contributed by atoms with Crippen molar-refractivity contribution in [1.82, 2.24) is 5.06 Å². The van der Waals surface area contributed by atoms with Gasteiger partial charge < -0.3 is 34.3 Å². The van der Waals surface area contributed by atoms with Gasteiger partial charge in [-0.25, -0.2) is 4.79 Å². The number of carbonyl (C=O) groups is 1. The van der Waals surface area contributed by atoms with E-state index >= 15 is 0 Å². The molecule has 2 aliphatic heterocycles. The molecule has 10 nitrogen and oxygen atoms in total. The van der Waals surface area contributed by atoms with Crippen LogP contribution in [0.2, 0.25) is 0 Å². The molecule has 6 rings (SSSR count). The van der Waals surface area contributed by atoms with Crippen molar-refractivity contribution in [1.29, 1.82) is 0 Å². The number of aliphatic hydroxyl groups is 3. The highest BCUT2D eigenvalue weighted by atomic mass is 16.7. The van der Waals surface area contributed by atoms with E-state index in [1.165, 1.54) is 0 Å². The molecule has 0 aromatic carbocycles. The number of esters is 1. The summed E-state index contributed by atoms with van der Waals surface area (Å²) >= 11 is 0. The molecule has 0 amide bonds. The van der Waals surface area contributed by atoms with Gasteiger partial charge in [0.1, 0.15) is 24.9 Å². The van der Waals surface area contributed by atoms with Crippen LogP contribution in [-0.4, -0.2) is 103 Å². The lowest BCUT2D eigenvalue weighted by atomic mass is 9.42.